The van der Waals surface area contributed by atoms with Crippen molar-refractivity contribution in [2.75, 3.05) is 0 Å². The number of hydrazone groups is 1. The molecular weight excluding hydrogens is 324 g/mol. The van der Waals surface area contributed by atoms with Crippen LogP contribution in [0.4, 0.5) is 0 Å². The number of phenolic OH excluding ortho intramolecular Hbond substituents is 1. The monoisotopic (exact) mass is 340 g/mol. The third-order valence-electron chi connectivity index (χ3n) is 4.28. The van der Waals surface area contributed by atoms with Crippen molar-refractivity contribution in [2.24, 2.45) is 5.10 Å². The van der Waals surface area contributed by atoms with Crippen LogP contribution in [0.5, 0.6) is 5.75 Å². The van der Waals surface area contributed by atoms with Gasteiger partial charge in [0.15, 0.2) is 0 Å². The lowest BCUT2D eigenvalue weighted by Gasteiger charge is -2.08. The van der Waals surface area contributed by atoms with Crippen molar-refractivity contribution in [1.82, 2.24) is 5.43 Å². The van der Waals surface area contributed by atoms with E-state index in [1.165, 1.54) is 12.1 Å². The minimum Gasteiger partial charge on any atom is -0.508 e. The molecule has 1 amide bonds. The smallest absolute Gasteiger partial charge is 0.271 e. The molecule has 0 aromatic heterocycles. The summed E-state index contributed by atoms with van der Waals surface area (Å²) in [7, 11) is 0. The van der Waals surface area contributed by atoms with Gasteiger partial charge in [-0.1, -0.05) is 54.6 Å². The van der Waals surface area contributed by atoms with Gasteiger partial charge in [0.25, 0.3) is 5.91 Å². The van der Waals surface area contributed by atoms with Gasteiger partial charge in [-0.15, -0.1) is 0 Å². The first kappa shape index (κ1) is 15.8. The number of hydrogen-bond acceptors (Lipinski definition) is 3. The molecule has 26 heavy (non-hydrogen) atoms. The molecule has 0 aliphatic rings. The second kappa shape index (κ2) is 6.69. The summed E-state index contributed by atoms with van der Waals surface area (Å²) in [5, 5.41) is 18.0. The third kappa shape index (κ3) is 3.00. The van der Waals surface area contributed by atoms with E-state index in [1.807, 2.05) is 36.4 Å². The molecule has 0 saturated carbocycles. The summed E-state index contributed by atoms with van der Waals surface area (Å²) >= 11 is 0. The van der Waals surface area contributed by atoms with E-state index in [9.17, 15) is 9.90 Å². The summed E-state index contributed by atoms with van der Waals surface area (Å²) in [5.41, 5.74) is 3.83. The number of rotatable bonds is 3. The highest BCUT2D eigenvalue weighted by Gasteiger charge is 2.07. The van der Waals surface area contributed by atoms with Gasteiger partial charge < -0.3 is 5.11 Å². The van der Waals surface area contributed by atoms with E-state index in [0.717, 1.165) is 27.1 Å². The second-order valence-corrected chi connectivity index (χ2v) is 5.98. The quantitative estimate of drug-likeness (QED) is 0.328. The number of nitrogens with zero attached hydrogens (tertiary/aromatic N) is 1. The topological polar surface area (TPSA) is 61.7 Å². The van der Waals surface area contributed by atoms with Gasteiger partial charge in [0.05, 0.1) is 6.21 Å². The predicted octanol–water partition coefficient (Wildman–Crippen LogP) is 4.46. The standard InChI is InChI=1S/C22H16N2O2/c25-18-9-5-8-17(13-18)22(26)24-23-14-21-19-10-3-1-6-15(19)12-16-7-2-4-11-20(16)21/h1-14,25H,(H,24,26)/b23-14+. The summed E-state index contributed by atoms with van der Waals surface area (Å²) in [6.45, 7) is 0. The lowest BCUT2D eigenvalue weighted by atomic mass is 9.97. The van der Waals surface area contributed by atoms with Crippen LogP contribution in [0, 0.1) is 0 Å². The zero-order valence-electron chi connectivity index (χ0n) is 13.9. The number of aromatic hydroxyl groups is 1. The molecule has 4 heteroatoms. The number of carbonyl (C=O) groups excluding carboxylic acids is 1. The molecule has 0 atom stereocenters. The van der Waals surface area contributed by atoms with Crippen LogP contribution in [-0.2, 0) is 0 Å². The lowest BCUT2D eigenvalue weighted by molar-refractivity contribution is 0.0954. The molecule has 0 fully saturated rings. The zero-order valence-corrected chi connectivity index (χ0v) is 13.9. The number of benzene rings is 4. The van der Waals surface area contributed by atoms with Gasteiger partial charge in [-0.25, -0.2) is 5.43 Å². The largest absolute Gasteiger partial charge is 0.508 e. The van der Waals surface area contributed by atoms with Crippen molar-refractivity contribution < 1.29 is 9.90 Å². The first-order valence-electron chi connectivity index (χ1n) is 8.25. The Bertz CT molecular complexity index is 1100. The molecule has 0 radical (unpaired) electrons. The molecule has 0 saturated heterocycles. The molecule has 0 unspecified atom stereocenters. The number of amides is 1. The summed E-state index contributed by atoms with van der Waals surface area (Å²) in [6.07, 6.45) is 1.67. The number of phenols is 1. The van der Waals surface area contributed by atoms with E-state index in [2.05, 4.69) is 28.7 Å². The minimum atomic E-state index is -0.373. The van der Waals surface area contributed by atoms with E-state index >= 15 is 0 Å². The Kier molecular flexibility index (Phi) is 4.07. The molecule has 4 nitrogen and oxygen atoms in total. The van der Waals surface area contributed by atoms with E-state index in [-0.39, 0.29) is 11.7 Å². The summed E-state index contributed by atoms with van der Waals surface area (Å²) in [4.78, 5) is 12.2. The molecule has 126 valence electrons. The average molecular weight is 340 g/mol. The van der Waals surface area contributed by atoms with E-state index in [4.69, 9.17) is 0 Å². The molecule has 4 rings (SSSR count). The Hall–Kier alpha value is -3.66. The first-order chi connectivity index (χ1) is 12.7. The predicted molar refractivity (Wildman–Crippen MR) is 105 cm³/mol. The van der Waals surface area contributed by atoms with Crippen LogP contribution in [-0.4, -0.2) is 17.2 Å². The lowest BCUT2D eigenvalue weighted by Crippen LogP contribution is -2.17. The molecule has 4 aromatic carbocycles. The fourth-order valence-corrected chi connectivity index (χ4v) is 3.06. The van der Waals surface area contributed by atoms with Crippen LogP contribution in [0.1, 0.15) is 15.9 Å². The van der Waals surface area contributed by atoms with E-state index in [1.54, 1.807) is 18.3 Å². The third-order valence-corrected chi connectivity index (χ3v) is 4.28. The normalized spacial score (nSPS) is 11.2. The Morgan fingerprint density at radius 3 is 2.15 bits per heavy atom. The molecule has 0 aliphatic heterocycles. The van der Waals surface area contributed by atoms with Crippen LogP contribution in [0.3, 0.4) is 0 Å². The summed E-state index contributed by atoms with van der Waals surface area (Å²) in [5.74, 6) is -0.330. The minimum absolute atomic E-state index is 0.0432. The second-order valence-electron chi connectivity index (χ2n) is 5.98. The van der Waals surface area contributed by atoms with Crippen molar-refractivity contribution in [3.8, 4) is 5.75 Å². The molecule has 0 bridgehead atoms. The van der Waals surface area contributed by atoms with E-state index in [0.29, 0.717) is 5.56 Å². The van der Waals surface area contributed by atoms with Crippen LogP contribution in [0.2, 0.25) is 0 Å². The van der Waals surface area contributed by atoms with Crippen molar-refractivity contribution in [2.45, 2.75) is 0 Å². The molecule has 4 aromatic rings. The Labute approximate surface area is 150 Å². The van der Waals surface area contributed by atoms with Gasteiger partial charge in [0.1, 0.15) is 5.75 Å². The van der Waals surface area contributed by atoms with Gasteiger partial charge in [-0.2, -0.15) is 5.10 Å². The highest BCUT2D eigenvalue weighted by molar-refractivity contribution is 6.13. The number of fused-ring (bicyclic) bond motifs is 2. The highest BCUT2D eigenvalue weighted by atomic mass is 16.3. The van der Waals surface area contributed by atoms with Crippen molar-refractivity contribution in [3.05, 3.63) is 90.0 Å². The van der Waals surface area contributed by atoms with Crippen LogP contribution < -0.4 is 5.43 Å². The first-order valence-corrected chi connectivity index (χ1v) is 8.25. The molecular formula is C22H16N2O2. The maximum Gasteiger partial charge on any atom is 0.271 e. The Morgan fingerprint density at radius 1 is 0.846 bits per heavy atom. The Morgan fingerprint density at radius 2 is 1.50 bits per heavy atom. The summed E-state index contributed by atoms with van der Waals surface area (Å²) < 4.78 is 0. The van der Waals surface area contributed by atoms with Crippen molar-refractivity contribution >= 4 is 33.7 Å². The average Bonchev–Trinajstić information content (AvgIpc) is 2.67. The SMILES string of the molecule is O=C(N/N=C/c1c2ccccc2cc2ccccc12)c1cccc(O)c1. The fraction of sp³-hybridized carbons (Fsp3) is 0. The van der Waals surface area contributed by atoms with Gasteiger partial charge >= 0.3 is 0 Å². The number of hydrogen-bond donors (Lipinski definition) is 2. The molecule has 0 aliphatic carbocycles. The van der Waals surface area contributed by atoms with Gasteiger partial charge in [0.2, 0.25) is 0 Å². The zero-order chi connectivity index (χ0) is 17.9. The van der Waals surface area contributed by atoms with Crippen molar-refractivity contribution in [3.63, 3.8) is 0 Å². The highest BCUT2D eigenvalue weighted by Crippen LogP contribution is 2.27. The molecule has 2 N–H and O–H groups in total. The van der Waals surface area contributed by atoms with Gasteiger partial charge in [0, 0.05) is 11.1 Å². The molecule has 0 spiro atoms. The van der Waals surface area contributed by atoms with Gasteiger partial charge in [-0.3, -0.25) is 4.79 Å². The van der Waals surface area contributed by atoms with Crippen molar-refractivity contribution in [1.29, 1.82) is 0 Å². The van der Waals surface area contributed by atoms with Crippen LogP contribution in [0.25, 0.3) is 21.5 Å². The number of nitrogens with one attached hydrogen (secondary N) is 1. The van der Waals surface area contributed by atoms with E-state index < -0.39 is 0 Å². The fourth-order valence-electron chi connectivity index (χ4n) is 3.06. The van der Waals surface area contributed by atoms with Crippen LogP contribution in [0.15, 0.2) is 84.0 Å². The number of carbonyl (C=O) groups is 1. The Balaban J connectivity index is 1.71. The van der Waals surface area contributed by atoms with Gasteiger partial charge in [-0.05, 0) is 45.8 Å². The maximum atomic E-state index is 12.2. The summed E-state index contributed by atoms with van der Waals surface area (Å²) in [6, 6.07) is 24.5. The maximum absolute atomic E-state index is 12.2. The van der Waals surface area contributed by atoms with Crippen LogP contribution >= 0.6 is 0 Å². The molecule has 0 heterocycles.